The summed E-state index contributed by atoms with van der Waals surface area (Å²) >= 11 is 0. The maximum Gasteiger partial charge on any atom is 0.228 e. The summed E-state index contributed by atoms with van der Waals surface area (Å²) in [5.74, 6) is 0.731. The standard InChI is InChI=1S/C11H18N2O2/c14-5-7-4-11(6-12-7)8-2-1-3-9(8)13-10(11)15/h7-9,12,14H,1-6H2,(H,13,15). The van der Waals surface area contributed by atoms with E-state index in [2.05, 4.69) is 10.6 Å². The van der Waals surface area contributed by atoms with E-state index in [-0.39, 0.29) is 24.0 Å². The maximum absolute atomic E-state index is 12.0. The van der Waals surface area contributed by atoms with Crippen LogP contribution in [0.1, 0.15) is 25.7 Å². The molecule has 0 bridgehead atoms. The molecule has 3 rings (SSSR count). The zero-order valence-electron chi connectivity index (χ0n) is 8.83. The number of rotatable bonds is 1. The van der Waals surface area contributed by atoms with Crippen LogP contribution < -0.4 is 10.6 Å². The van der Waals surface area contributed by atoms with Gasteiger partial charge in [0, 0.05) is 18.6 Å². The zero-order valence-corrected chi connectivity index (χ0v) is 8.83. The lowest BCUT2D eigenvalue weighted by atomic mass is 9.74. The fourth-order valence-electron chi connectivity index (χ4n) is 3.77. The van der Waals surface area contributed by atoms with Crippen molar-refractivity contribution in [3.63, 3.8) is 0 Å². The Morgan fingerprint density at radius 3 is 3.07 bits per heavy atom. The fraction of sp³-hybridized carbons (Fsp3) is 0.909. The highest BCUT2D eigenvalue weighted by molar-refractivity contribution is 5.86. The molecule has 3 fully saturated rings. The number of fused-ring (bicyclic) bond motifs is 2. The zero-order chi connectivity index (χ0) is 10.5. The van der Waals surface area contributed by atoms with Gasteiger partial charge in [0.25, 0.3) is 0 Å². The molecule has 0 aromatic rings. The average molecular weight is 210 g/mol. The van der Waals surface area contributed by atoms with Gasteiger partial charge in [-0.15, -0.1) is 0 Å². The number of carbonyl (C=O) groups is 1. The summed E-state index contributed by atoms with van der Waals surface area (Å²) in [5.41, 5.74) is -0.200. The molecular formula is C11H18N2O2. The molecular weight excluding hydrogens is 192 g/mol. The first-order valence-corrected chi connectivity index (χ1v) is 5.91. The Balaban J connectivity index is 1.87. The minimum Gasteiger partial charge on any atom is -0.395 e. The molecule has 4 unspecified atom stereocenters. The smallest absolute Gasteiger partial charge is 0.228 e. The number of nitrogens with one attached hydrogen (secondary N) is 2. The Bertz CT molecular complexity index is 294. The normalized spacial score (nSPS) is 48.6. The van der Waals surface area contributed by atoms with Crippen molar-refractivity contribution in [2.45, 2.75) is 37.8 Å². The van der Waals surface area contributed by atoms with E-state index < -0.39 is 0 Å². The first kappa shape index (κ1) is 9.60. The third kappa shape index (κ3) is 1.18. The summed E-state index contributed by atoms with van der Waals surface area (Å²) in [5, 5.41) is 15.5. The third-order valence-corrected chi connectivity index (χ3v) is 4.53. The molecule has 4 heteroatoms. The highest BCUT2D eigenvalue weighted by atomic mass is 16.3. The molecule has 15 heavy (non-hydrogen) atoms. The third-order valence-electron chi connectivity index (χ3n) is 4.53. The molecule has 1 spiro atoms. The van der Waals surface area contributed by atoms with Gasteiger partial charge in [-0.2, -0.15) is 0 Å². The molecule has 84 valence electrons. The Kier molecular flexibility index (Phi) is 2.04. The van der Waals surface area contributed by atoms with Crippen LogP contribution in [0.5, 0.6) is 0 Å². The summed E-state index contributed by atoms with van der Waals surface area (Å²) in [6, 6.07) is 0.534. The van der Waals surface area contributed by atoms with Crippen LogP contribution in [-0.4, -0.2) is 36.2 Å². The van der Waals surface area contributed by atoms with Crippen molar-refractivity contribution >= 4 is 5.91 Å². The fourth-order valence-corrected chi connectivity index (χ4v) is 3.77. The van der Waals surface area contributed by atoms with Crippen molar-refractivity contribution in [3.05, 3.63) is 0 Å². The molecule has 0 aromatic heterocycles. The van der Waals surface area contributed by atoms with E-state index in [1.807, 2.05) is 0 Å². The van der Waals surface area contributed by atoms with Gasteiger partial charge >= 0.3 is 0 Å². The van der Waals surface area contributed by atoms with Gasteiger partial charge < -0.3 is 15.7 Å². The van der Waals surface area contributed by atoms with Gasteiger partial charge in [0.05, 0.1) is 12.0 Å². The van der Waals surface area contributed by atoms with Crippen LogP contribution in [0, 0.1) is 11.3 Å². The Morgan fingerprint density at radius 1 is 1.47 bits per heavy atom. The van der Waals surface area contributed by atoms with E-state index in [1.165, 1.54) is 12.8 Å². The van der Waals surface area contributed by atoms with Crippen LogP contribution in [0.4, 0.5) is 0 Å². The topological polar surface area (TPSA) is 61.4 Å². The van der Waals surface area contributed by atoms with E-state index in [9.17, 15) is 4.79 Å². The Morgan fingerprint density at radius 2 is 2.33 bits per heavy atom. The average Bonchev–Trinajstić information content (AvgIpc) is 2.87. The first-order valence-electron chi connectivity index (χ1n) is 5.91. The lowest BCUT2D eigenvalue weighted by Crippen LogP contribution is -2.37. The molecule has 4 nitrogen and oxygen atoms in total. The van der Waals surface area contributed by atoms with E-state index in [0.717, 1.165) is 19.4 Å². The summed E-state index contributed by atoms with van der Waals surface area (Å²) in [6.07, 6.45) is 4.36. The molecule has 3 N–H and O–H groups in total. The van der Waals surface area contributed by atoms with Crippen molar-refractivity contribution in [1.29, 1.82) is 0 Å². The van der Waals surface area contributed by atoms with Gasteiger partial charge in [-0.25, -0.2) is 0 Å². The van der Waals surface area contributed by atoms with Crippen LogP contribution in [0.15, 0.2) is 0 Å². The molecule has 3 aliphatic rings. The van der Waals surface area contributed by atoms with Crippen molar-refractivity contribution in [1.82, 2.24) is 10.6 Å². The SMILES string of the molecule is O=C1NC2CCCC2C12CNC(CO)C2. The molecule has 1 aliphatic carbocycles. The monoisotopic (exact) mass is 210 g/mol. The van der Waals surface area contributed by atoms with Gasteiger partial charge in [-0.05, 0) is 25.2 Å². The van der Waals surface area contributed by atoms with Crippen LogP contribution in [0.3, 0.4) is 0 Å². The summed E-state index contributed by atoms with van der Waals surface area (Å²) in [6.45, 7) is 0.900. The number of carbonyl (C=O) groups excluding carboxylic acids is 1. The van der Waals surface area contributed by atoms with Crippen LogP contribution >= 0.6 is 0 Å². The first-order chi connectivity index (χ1) is 7.26. The molecule has 2 aliphatic heterocycles. The molecule has 0 aromatic carbocycles. The van der Waals surface area contributed by atoms with Crippen molar-refractivity contribution in [2.75, 3.05) is 13.2 Å². The van der Waals surface area contributed by atoms with Crippen LogP contribution in [0.2, 0.25) is 0 Å². The van der Waals surface area contributed by atoms with E-state index in [0.29, 0.717) is 12.0 Å². The summed E-state index contributed by atoms with van der Waals surface area (Å²) < 4.78 is 0. The quantitative estimate of drug-likeness (QED) is 0.553. The van der Waals surface area contributed by atoms with Crippen molar-refractivity contribution in [2.24, 2.45) is 11.3 Å². The lowest BCUT2D eigenvalue weighted by molar-refractivity contribution is -0.128. The minimum absolute atomic E-state index is 0.120. The molecule has 0 radical (unpaired) electrons. The van der Waals surface area contributed by atoms with Gasteiger partial charge in [0.15, 0.2) is 0 Å². The molecule has 1 saturated carbocycles. The predicted molar refractivity (Wildman–Crippen MR) is 55.2 cm³/mol. The van der Waals surface area contributed by atoms with Gasteiger partial charge in [-0.3, -0.25) is 4.79 Å². The summed E-state index contributed by atoms with van der Waals surface area (Å²) in [4.78, 5) is 12.0. The number of hydrogen-bond donors (Lipinski definition) is 3. The number of hydrogen-bond acceptors (Lipinski definition) is 3. The van der Waals surface area contributed by atoms with Crippen molar-refractivity contribution in [3.8, 4) is 0 Å². The Hall–Kier alpha value is -0.610. The number of aliphatic hydroxyl groups excluding tert-OH is 1. The van der Waals surface area contributed by atoms with Gasteiger partial charge in [0.1, 0.15) is 0 Å². The van der Waals surface area contributed by atoms with Crippen LogP contribution in [-0.2, 0) is 4.79 Å². The molecule has 4 atom stereocenters. The molecule has 2 saturated heterocycles. The second-order valence-electron chi connectivity index (χ2n) is 5.24. The highest BCUT2D eigenvalue weighted by Crippen LogP contribution is 2.49. The Labute approximate surface area is 89.4 Å². The second kappa shape index (κ2) is 3.19. The predicted octanol–water partition coefficient (Wildman–Crippen LogP) is -0.375. The summed E-state index contributed by atoms with van der Waals surface area (Å²) in [7, 11) is 0. The molecule has 2 heterocycles. The van der Waals surface area contributed by atoms with Crippen LogP contribution in [0.25, 0.3) is 0 Å². The van der Waals surface area contributed by atoms with Crippen molar-refractivity contribution < 1.29 is 9.90 Å². The maximum atomic E-state index is 12.0. The highest BCUT2D eigenvalue weighted by Gasteiger charge is 2.58. The lowest BCUT2D eigenvalue weighted by Gasteiger charge is -2.26. The van der Waals surface area contributed by atoms with Gasteiger partial charge in [-0.1, -0.05) is 6.42 Å². The number of aliphatic hydroxyl groups is 1. The van der Waals surface area contributed by atoms with E-state index >= 15 is 0 Å². The largest absolute Gasteiger partial charge is 0.395 e. The number of amides is 1. The van der Waals surface area contributed by atoms with Gasteiger partial charge in [0.2, 0.25) is 5.91 Å². The second-order valence-corrected chi connectivity index (χ2v) is 5.24. The van der Waals surface area contributed by atoms with E-state index in [1.54, 1.807) is 0 Å². The van der Waals surface area contributed by atoms with E-state index in [4.69, 9.17) is 5.11 Å². The molecule has 1 amide bonds. The minimum atomic E-state index is -0.200.